The van der Waals surface area contributed by atoms with Crippen LogP contribution in [-0.4, -0.2) is 45.8 Å². The number of carboxylic acids is 1. The summed E-state index contributed by atoms with van der Waals surface area (Å²) in [6.07, 6.45) is 10.2. The number of aliphatic carboxylic acids is 1. The number of hydrogen-bond donors (Lipinski definition) is 1. The van der Waals surface area contributed by atoms with E-state index in [4.69, 9.17) is 17.3 Å². The molecular formula is C28H26N2O3S4. The van der Waals surface area contributed by atoms with Crippen molar-refractivity contribution in [1.82, 2.24) is 4.90 Å². The molecule has 1 fully saturated rings. The molecule has 5 nitrogen and oxygen atoms in total. The number of rotatable bonds is 10. The zero-order chi connectivity index (χ0) is 26.4. The van der Waals surface area contributed by atoms with E-state index in [1.165, 1.54) is 16.1 Å². The van der Waals surface area contributed by atoms with Crippen LogP contribution in [0.25, 0.3) is 30.4 Å². The summed E-state index contributed by atoms with van der Waals surface area (Å²) in [7, 11) is 0. The number of hydrogen-bond acceptors (Lipinski definition) is 7. The van der Waals surface area contributed by atoms with Gasteiger partial charge in [-0.15, -0.1) is 22.7 Å². The first kappa shape index (κ1) is 27.1. The maximum absolute atomic E-state index is 12.5. The molecule has 0 unspecified atom stereocenters. The molecule has 1 saturated heterocycles. The number of thiocarbonyl (C=S) groups is 1. The summed E-state index contributed by atoms with van der Waals surface area (Å²) >= 11 is 9.57. The van der Waals surface area contributed by atoms with Crippen molar-refractivity contribution >= 4 is 98.9 Å². The van der Waals surface area contributed by atoms with Crippen LogP contribution in [0.5, 0.6) is 0 Å². The number of anilines is 1. The van der Waals surface area contributed by atoms with Gasteiger partial charge in [-0.1, -0.05) is 42.2 Å². The average Bonchev–Trinajstić information content (AvgIpc) is 3.60. The molecule has 37 heavy (non-hydrogen) atoms. The van der Waals surface area contributed by atoms with Crippen LogP contribution in [0.15, 0.2) is 53.4 Å². The first-order valence-electron chi connectivity index (χ1n) is 11.7. The van der Waals surface area contributed by atoms with Gasteiger partial charge in [-0.05, 0) is 80.1 Å². The van der Waals surface area contributed by atoms with Gasteiger partial charge in [0.15, 0.2) is 0 Å². The number of carbonyl (C=O) groups is 2. The molecule has 1 aliphatic rings. The van der Waals surface area contributed by atoms with Gasteiger partial charge in [0.25, 0.3) is 5.91 Å². The highest BCUT2D eigenvalue weighted by Crippen LogP contribution is 2.34. The van der Waals surface area contributed by atoms with Crippen LogP contribution in [0, 0.1) is 0 Å². The third-order valence-electron chi connectivity index (χ3n) is 5.61. The minimum Gasteiger partial charge on any atom is -0.480 e. The van der Waals surface area contributed by atoms with Crippen molar-refractivity contribution in [3.05, 3.63) is 78.5 Å². The molecule has 0 spiro atoms. The smallest absolute Gasteiger partial charge is 0.323 e. The lowest BCUT2D eigenvalue weighted by Gasteiger charge is -2.20. The highest BCUT2D eigenvalue weighted by atomic mass is 32.2. The number of carbonyl (C=O) groups excluding carboxylic acids is 1. The Morgan fingerprint density at radius 1 is 0.892 bits per heavy atom. The van der Waals surface area contributed by atoms with Gasteiger partial charge >= 0.3 is 5.97 Å². The van der Waals surface area contributed by atoms with Gasteiger partial charge in [-0.3, -0.25) is 14.5 Å². The lowest BCUT2D eigenvalue weighted by atomic mass is 10.1. The Balaban J connectivity index is 1.37. The first-order chi connectivity index (χ1) is 17.9. The Morgan fingerprint density at radius 2 is 1.43 bits per heavy atom. The highest BCUT2D eigenvalue weighted by Gasteiger charge is 2.33. The number of amides is 1. The molecule has 9 heteroatoms. The van der Waals surface area contributed by atoms with Gasteiger partial charge in [0.2, 0.25) is 0 Å². The third kappa shape index (κ3) is 7.07. The Hall–Kier alpha value is -2.98. The van der Waals surface area contributed by atoms with Crippen LogP contribution in [0.4, 0.5) is 5.69 Å². The van der Waals surface area contributed by atoms with E-state index in [1.807, 2.05) is 12.1 Å². The molecule has 3 heterocycles. The molecule has 0 radical (unpaired) electrons. The number of nitrogens with zero attached hydrogens (tertiary/aromatic N) is 2. The fourth-order valence-corrected chi connectivity index (χ4v) is 6.71. The van der Waals surface area contributed by atoms with Crippen LogP contribution in [0.1, 0.15) is 38.9 Å². The first-order valence-corrected chi connectivity index (χ1v) is 14.6. The monoisotopic (exact) mass is 566 g/mol. The summed E-state index contributed by atoms with van der Waals surface area (Å²) in [6.45, 7) is 5.93. The van der Waals surface area contributed by atoms with Gasteiger partial charge in [0.05, 0.1) is 4.91 Å². The van der Waals surface area contributed by atoms with E-state index in [1.54, 1.807) is 28.7 Å². The van der Waals surface area contributed by atoms with E-state index in [0.717, 1.165) is 44.4 Å². The molecule has 0 aliphatic carbocycles. The van der Waals surface area contributed by atoms with Crippen molar-refractivity contribution in [2.24, 2.45) is 0 Å². The van der Waals surface area contributed by atoms with Crippen molar-refractivity contribution in [2.75, 3.05) is 24.5 Å². The molecule has 0 saturated carbocycles. The summed E-state index contributed by atoms with van der Waals surface area (Å²) in [4.78, 5) is 31.6. The van der Waals surface area contributed by atoms with Crippen molar-refractivity contribution < 1.29 is 14.7 Å². The quantitative estimate of drug-likeness (QED) is 0.206. The van der Waals surface area contributed by atoms with E-state index < -0.39 is 12.5 Å². The van der Waals surface area contributed by atoms with Gasteiger partial charge in [0.1, 0.15) is 10.9 Å². The second-order valence-corrected chi connectivity index (χ2v) is 12.0. The Kier molecular flexibility index (Phi) is 9.15. The Bertz CT molecular complexity index is 1380. The SMILES string of the molecule is CCN(CC)c1ccc(/C=C/c2ccc(/C=C/c3ccc(/C=C4\SC(=S)N(CC(=O)O)C4=O)s3)s2)cc1. The van der Waals surface area contributed by atoms with Crippen molar-refractivity contribution in [1.29, 1.82) is 0 Å². The molecular weight excluding hydrogens is 541 g/mol. The van der Waals surface area contributed by atoms with E-state index in [0.29, 0.717) is 4.91 Å². The predicted octanol–water partition coefficient (Wildman–Crippen LogP) is 7.28. The number of thioether (sulfide) groups is 1. The van der Waals surface area contributed by atoms with Crippen molar-refractivity contribution in [2.45, 2.75) is 13.8 Å². The molecule has 4 rings (SSSR count). The van der Waals surface area contributed by atoms with Crippen LogP contribution < -0.4 is 4.90 Å². The van der Waals surface area contributed by atoms with Gasteiger partial charge in [-0.25, -0.2) is 0 Å². The summed E-state index contributed by atoms with van der Waals surface area (Å²) in [5.74, 6) is -1.44. The molecule has 0 atom stereocenters. The lowest BCUT2D eigenvalue weighted by molar-refractivity contribution is -0.140. The second-order valence-electron chi connectivity index (χ2n) is 8.07. The standard InChI is InChI=1S/C28H26N2O3S4/c1-3-29(4-2)20-8-5-19(6-9-20)7-10-21-11-12-22(35-21)13-14-23-15-16-24(36-23)17-25-27(33)30(18-26(31)32)28(34)37-25/h5-17H,3-4,18H2,1-2H3,(H,31,32)/b10-7+,14-13+,25-17-. The molecule has 190 valence electrons. The maximum Gasteiger partial charge on any atom is 0.323 e. The predicted molar refractivity (Wildman–Crippen MR) is 164 cm³/mol. The Morgan fingerprint density at radius 3 is 2.00 bits per heavy atom. The third-order valence-corrected chi connectivity index (χ3v) is 9.00. The minimum atomic E-state index is -1.09. The van der Waals surface area contributed by atoms with E-state index in [9.17, 15) is 9.59 Å². The Labute approximate surface area is 234 Å². The second kappa shape index (κ2) is 12.5. The minimum absolute atomic E-state index is 0.273. The number of benzene rings is 1. The maximum atomic E-state index is 12.5. The molecule has 1 aliphatic heterocycles. The summed E-state index contributed by atoms with van der Waals surface area (Å²) in [5, 5.41) is 8.97. The van der Waals surface area contributed by atoms with E-state index in [-0.39, 0.29) is 10.2 Å². The molecule has 2 aromatic heterocycles. The van der Waals surface area contributed by atoms with E-state index >= 15 is 0 Å². The molecule has 1 N–H and O–H groups in total. The zero-order valence-electron chi connectivity index (χ0n) is 20.4. The molecule has 3 aromatic rings. The van der Waals surface area contributed by atoms with Crippen molar-refractivity contribution in [3.8, 4) is 0 Å². The average molecular weight is 567 g/mol. The van der Waals surface area contributed by atoms with Gasteiger partial charge in [-0.2, -0.15) is 0 Å². The van der Waals surface area contributed by atoms with Crippen molar-refractivity contribution in [3.63, 3.8) is 0 Å². The van der Waals surface area contributed by atoms with Crippen LogP contribution in [-0.2, 0) is 9.59 Å². The normalized spacial score (nSPS) is 15.1. The summed E-state index contributed by atoms with van der Waals surface area (Å²) in [5.41, 5.74) is 2.42. The fourth-order valence-electron chi connectivity index (χ4n) is 3.71. The fraction of sp³-hybridized carbons (Fsp3) is 0.179. The summed E-state index contributed by atoms with van der Waals surface area (Å²) in [6, 6.07) is 16.8. The van der Waals surface area contributed by atoms with E-state index in [2.05, 4.69) is 79.4 Å². The van der Waals surface area contributed by atoms with Crippen LogP contribution >= 0.6 is 46.7 Å². The molecule has 0 bridgehead atoms. The number of carboxylic acid groups (broad SMARTS) is 1. The molecule has 1 amide bonds. The van der Waals surface area contributed by atoms with Gasteiger partial charge in [0, 0.05) is 38.3 Å². The number of thiophene rings is 2. The molecule has 1 aromatic carbocycles. The topological polar surface area (TPSA) is 60.9 Å². The van der Waals surface area contributed by atoms with Gasteiger partial charge < -0.3 is 10.0 Å². The van der Waals surface area contributed by atoms with Crippen LogP contribution in [0.3, 0.4) is 0 Å². The highest BCUT2D eigenvalue weighted by molar-refractivity contribution is 8.26. The lowest BCUT2D eigenvalue weighted by Crippen LogP contribution is -2.33. The van der Waals surface area contributed by atoms with Crippen LogP contribution in [0.2, 0.25) is 0 Å². The summed E-state index contributed by atoms with van der Waals surface area (Å²) < 4.78 is 0.273. The zero-order valence-corrected chi connectivity index (χ0v) is 23.7. The largest absolute Gasteiger partial charge is 0.480 e.